The molecule has 0 unspecified atom stereocenters. The van der Waals surface area contributed by atoms with Crippen LogP contribution in [0, 0.1) is 6.92 Å². The number of aromatic amines is 1. The number of fused-ring (bicyclic) bond motifs is 1. The van der Waals surface area contributed by atoms with Gasteiger partial charge in [-0.1, -0.05) is 6.92 Å². The van der Waals surface area contributed by atoms with Crippen LogP contribution in [0.5, 0.6) is 0 Å². The molecule has 0 aliphatic rings. The normalized spacial score (nSPS) is 12.2. The van der Waals surface area contributed by atoms with Crippen LogP contribution in [0.3, 0.4) is 0 Å². The minimum Gasteiger partial charge on any atom is -0.337 e. The molecule has 0 radical (unpaired) electrons. The maximum atomic E-state index is 12.7. The fourth-order valence-corrected chi connectivity index (χ4v) is 2.74. The summed E-state index contributed by atoms with van der Waals surface area (Å²) in [5.41, 5.74) is 1.50. The Morgan fingerprint density at radius 2 is 2.09 bits per heavy atom. The maximum Gasteiger partial charge on any atom is 0.453 e. The molecular weight excluding hydrogens is 317 g/mol. The van der Waals surface area contributed by atoms with Crippen LogP contribution < -0.4 is 0 Å². The molecule has 0 spiro atoms. The lowest BCUT2D eigenvalue weighted by molar-refractivity contribution is -0.144. The van der Waals surface area contributed by atoms with Gasteiger partial charge in [-0.3, -0.25) is 0 Å². The smallest absolute Gasteiger partial charge is 0.337 e. The van der Waals surface area contributed by atoms with Crippen LogP contribution in [0.15, 0.2) is 22.4 Å². The first kappa shape index (κ1) is 14.8. The van der Waals surface area contributed by atoms with Crippen molar-refractivity contribution >= 4 is 17.5 Å². The van der Waals surface area contributed by atoms with Gasteiger partial charge in [0, 0.05) is 17.6 Å². The highest BCUT2D eigenvalue weighted by molar-refractivity contribution is 7.99. The second-order valence-corrected chi connectivity index (χ2v) is 5.56. The van der Waals surface area contributed by atoms with E-state index in [1.807, 2.05) is 6.92 Å². The summed E-state index contributed by atoms with van der Waals surface area (Å²) in [5.74, 6) is -1.29. The zero-order valence-corrected chi connectivity index (χ0v) is 12.5. The molecule has 0 fully saturated rings. The predicted octanol–water partition coefficient (Wildman–Crippen LogP) is 2.89. The molecule has 3 rings (SSSR count). The molecule has 0 aromatic carbocycles. The second-order valence-electron chi connectivity index (χ2n) is 4.55. The van der Waals surface area contributed by atoms with E-state index < -0.39 is 12.0 Å². The minimum absolute atomic E-state index is 0.0860. The van der Waals surface area contributed by atoms with Crippen molar-refractivity contribution in [1.29, 1.82) is 0 Å². The van der Waals surface area contributed by atoms with E-state index in [-0.39, 0.29) is 5.78 Å². The zero-order valence-electron chi connectivity index (χ0n) is 11.6. The van der Waals surface area contributed by atoms with E-state index in [2.05, 4.69) is 25.0 Å². The van der Waals surface area contributed by atoms with Crippen LogP contribution in [0.1, 0.15) is 24.1 Å². The Morgan fingerprint density at radius 3 is 2.73 bits per heavy atom. The van der Waals surface area contributed by atoms with E-state index in [9.17, 15) is 13.2 Å². The number of hydrogen-bond donors (Lipinski definition) is 1. The molecule has 1 N–H and O–H groups in total. The first-order chi connectivity index (χ1) is 10.4. The van der Waals surface area contributed by atoms with E-state index in [1.165, 1.54) is 11.8 Å². The molecule has 0 saturated heterocycles. The third-order valence-electron chi connectivity index (χ3n) is 2.85. The fourth-order valence-electron chi connectivity index (χ4n) is 1.82. The van der Waals surface area contributed by atoms with Gasteiger partial charge in [-0.2, -0.15) is 22.7 Å². The van der Waals surface area contributed by atoms with Gasteiger partial charge in [-0.05, 0) is 31.2 Å². The number of alkyl halides is 3. The average Bonchev–Trinajstić information content (AvgIpc) is 3.04. The highest BCUT2D eigenvalue weighted by atomic mass is 32.2. The SMILES string of the molecule is CCc1cnc(Sc2cc(C)nc3nc(C(F)(F)F)nn23)[nH]1. The zero-order chi connectivity index (χ0) is 15.9. The van der Waals surface area contributed by atoms with Crippen molar-refractivity contribution in [3.8, 4) is 0 Å². The number of aryl methyl sites for hydroxylation is 2. The molecule has 0 bridgehead atoms. The summed E-state index contributed by atoms with van der Waals surface area (Å²) in [5, 5.41) is 4.54. The second kappa shape index (κ2) is 5.27. The summed E-state index contributed by atoms with van der Waals surface area (Å²) in [6.45, 7) is 3.66. The molecule has 3 aromatic heterocycles. The monoisotopic (exact) mass is 328 g/mol. The number of aromatic nitrogens is 6. The lowest BCUT2D eigenvalue weighted by Crippen LogP contribution is -2.07. The third kappa shape index (κ3) is 2.78. The highest BCUT2D eigenvalue weighted by Gasteiger charge is 2.36. The molecule has 0 atom stereocenters. The van der Waals surface area contributed by atoms with Gasteiger partial charge in [0.1, 0.15) is 5.03 Å². The Morgan fingerprint density at radius 1 is 1.32 bits per heavy atom. The number of H-pyrrole nitrogens is 1. The van der Waals surface area contributed by atoms with Crippen molar-refractivity contribution in [3.63, 3.8) is 0 Å². The Kier molecular flexibility index (Phi) is 3.55. The van der Waals surface area contributed by atoms with Crippen molar-refractivity contribution in [2.75, 3.05) is 0 Å². The number of imidazole rings is 1. The summed E-state index contributed by atoms with van der Waals surface area (Å²) in [6.07, 6.45) is -2.13. The maximum absolute atomic E-state index is 12.7. The van der Waals surface area contributed by atoms with Gasteiger partial charge in [-0.25, -0.2) is 9.97 Å². The summed E-state index contributed by atoms with van der Waals surface area (Å²) >= 11 is 1.18. The molecule has 3 aromatic rings. The van der Waals surface area contributed by atoms with Crippen LogP contribution in [0.4, 0.5) is 13.2 Å². The van der Waals surface area contributed by atoms with Crippen molar-refractivity contribution in [2.24, 2.45) is 0 Å². The lowest BCUT2D eigenvalue weighted by atomic mass is 10.4. The van der Waals surface area contributed by atoms with Gasteiger partial charge in [0.2, 0.25) is 0 Å². The molecule has 10 heteroatoms. The van der Waals surface area contributed by atoms with Crippen LogP contribution in [0.2, 0.25) is 0 Å². The van der Waals surface area contributed by atoms with Gasteiger partial charge in [0.15, 0.2) is 5.16 Å². The first-order valence-electron chi connectivity index (χ1n) is 6.40. The molecule has 22 heavy (non-hydrogen) atoms. The van der Waals surface area contributed by atoms with E-state index in [0.717, 1.165) is 16.6 Å². The van der Waals surface area contributed by atoms with Gasteiger partial charge < -0.3 is 4.98 Å². The predicted molar refractivity (Wildman–Crippen MR) is 72.6 cm³/mol. The summed E-state index contributed by atoms with van der Waals surface area (Å²) in [4.78, 5) is 14.7. The van der Waals surface area contributed by atoms with Crippen LogP contribution in [-0.4, -0.2) is 29.5 Å². The fraction of sp³-hybridized carbons (Fsp3) is 0.333. The number of rotatable bonds is 3. The average molecular weight is 328 g/mol. The van der Waals surface area contributed by atoms with Gasteiger partial charge in [0.25, 0.3) is 11.6 Å². The number of hydrogen-bond acceptors (Lipinski definition) is 5. The summed E-state index contributed by atoms with van der Waals surface area (Å²) in [7, 11) is 0. The number of halogens is 3. The van der Waals surface area contributed by atoms with Gasteiger partial charge in [0.05, 0.1) is 0 Å². The first-order valence-corrected chi connectivity index (χ1v) is 7.22. The Bertz CT molecular complexity index is 822. The van der Waals surface area contributed by atoms with Crippen LogP contribution in [-0.2, 0) is 12.6 Å². The van der Waals surface area contributed by atoms with E-state index >= 15 is 0 Å². The molecule has 116 valence electrons. The third-order valence-corrected chi connectivity index (χ3v) is 3.75. The van der Waals surface area contributed by atoms with Crippen molar-refractivity contribution in [2.45, 2.75) is 36.6 Å². The standard InChI is InChI=1S/C12H11F3N6S/c1-3-7-5-16-11(18-7)22-8-4-6(2)17-10-19-9(12(13,14)15)20-21(8)10/h4-5H,3H2,1-2H3,(H,16,18). The van der Waals surface area contributed by atoms with Gasteiger partial charge in [-0.15, -0.1) is 5.10 Å². The molecule has 0 aliphatic carbocycles. The topological polar surface area (TPSA) is 71.8 Å². The van der Waals surface area contributed by atoms with Crippen molar-refractivity contribution in [1.82, 2.24) is 29.5 Å². The Balaban J connectivity index is 2.06. The molecular formula is C12H11F3N6S. The van der Waals surface area contributed by atoms with Crippen molar-refractivity contribution < 1.29 is 13.2 Å². The number of nitrogens with zero attached hydrogens (tertiary/aromatic N) is 5. The molecule has 6 nitrogen and oxygen atoms in total. The Labute approximate surface area is 127 Å². The number of nitrogens with one attached hydrogen (secondary N) is 1. The lowest BCUT2D eigenvalue weighted by Gasteiger charge is -2.02. The summed E-state index contributed by atoms with van der Waals surface area (Å²) < 4.78 is 39.3. The van der Waals surface area contributed by atoms with Gasteiger partial charge >= 0.3 is 6.18 Å². The molecule has 0 saturated carbocycles. The Hall–Kier alpha value is -2.10. The van der Waals surface area contributed by atoms with E-state index in [1.54, 1.807) is 19.2 Å². The van der Waals surface area contributed by atoms with E-state index in [4.69, 9.17) is 0 Å². The quantitative estimate of drug-likeness (QED) is 0.749. The molecule has 0 amide bonds. The van der Waals surface area contributed by atoms with Crippen molar-refractivity contribution in [3.05, 3.63) is 29.5 Å². The van der Waals surface area contributed by atoms with Crippen LogP contribution >= 0.6 is 11.8 Å². The molecule has 0 aliphatic heterocycles. The minimum atomic E-state index is -4.61. The van der Waals surface area contributed by atoms with Crippen LogP contribution in [0.25, 0.3) is 5.78 Å². The van der Waals surface area contributed by atoms with E-state index in [0.29, 0.717) is 15.9 Å². The molecule has 3 heterocycles. The summed E-state index contributed by atoms with van der Waals surface area (Å²) in [6, 6.07) is 1.64. The largest absolute Gasteiger partial charge is 0.453 e. The highest BCUT2D eigenvalue weighted by Crippen LogP contribution is 2.29.